The van der Waals surface area contributed by atoms with Crippen molar-refractivity contribution in [2.75, 3.05) is 13.2 Å². The summed E-state index contributed by atoms with van der Waals surface area (Å²) in [5.41, 5.74) is 0. The van der Waals surface area contributed by atoms with Crippen molar-refractivity contribution in [2.45, 2.75) is 226 Å². The van der Waals surface area contributed by atoms with Gasteiger partial charge in [0, 0.05) is 19.3 Å². The third kappa shape index (κ3) is 44.0. The Hall–Kier alpha value is -3.15. The molecule has 0 aliphatic rings. The molecule has 1 unspecified atom stereocenters. The average Bonchev–Trinajstić information content (AvgIpc) is 3.22. The largest absolute Gasteiger partial charge is 0.462 e. The van der Waals surface area contributed by atoms with Gasteiger partial charge < -0.3 is 14.2 Å². The zero-order valence-corrected chi connectivity index (χ0v) is 37.8. The summed E-state index contributed by atoms with van der Waals surface area (Å²) in [5, 5.41) is 0. The maximum atomic E-state index is 12.7. The molecule has 0 aliphatic heterocycles. The van der Waals surface area contributed by atoms with E-state index < -0.39 is 6.10 Å². The second-order valence-corrected chi connectivity index (χ2v) is 15.7. The number of allylic oxidation sites excluding steroid dienone is 12. The van der Waals surface area contributed by atoms with E-state index in [0.29, 0.717) is 19.3 Å². The fourth-order valence-electron chi connectivity index (χ4n) is 6.31. The lowest BCUT2D eigenvalue weighted by atomic mass is 10.1. The van der Waals surface area contributed by atoms with Crippen molar-refractivity contribution in [1.29, 1.82) is 0 Å². The first-order valence-corrected chi connectivity index (χ1v) is 24.0. The molecule has 0 rings (SSSR count). The molecule has 0 aliphatic carbocycles. The highest BCUT2D eigenvalue weighted by molar-refractivity contribution is 5.71. The highest BCUT2D eigenvalue weighted by Crippen LogP contribution is 2.12. The van der Waals surface area contributed by atoms with Crippen LogP contribution in [0.5, 0.6) is 0 Å². The van der Waals surface area contributed by atoms with E-state index in [0.717, 1.165) is 109 Å². The van der Waals surface area contributed by atoms with Crippen molar-refractivity contribution >= 4 is 17.9 Å². The summed E-state index contributed by atoms with van der Waals surface area (Å²) in [4.78, 5) is 37.7. The van der Waals surface area contributed by atoms with E-state index in [-0.39, 0.29) is 37.5 Å². The van der Waals surface area contributed by atoms with Gasteiger partial charge in [0.1, 0.15) is 13.2 Å². The van der Waals surface area contributed by atoms with Gasteiger partial charge in [-0.05, 0) is 96.3 Å². The number of rotatable bonds is 42. The minimum absolute atomic E-state index is 0.103. The Bertz CT molecular complexity index is 1110. The Morgan fingerprint density at radius 1 is 0.379 bits per heavy atom. The van der Waals surface area contributed by atoms with Crippen LogP contribution in [0.25, 0.3) is 0 Å². The number of hydrogen-bond donors (Lipinski definition) is 0. The Kier molecular flexibility index (Phi) is 44.0. The molecule has 0 aromatic heterocycles. The molecule has 0 saturated carbocycles. The molecular formula is C52H88O6. The van der Waals surface area contributed by atoms with Crippen LogP contribution in [0.2, 0.25) is 0 Å². The van der Waals surface area contributed by atoms with Crippen LogP contribution in [0.1, 0.15) is 220 Å². The zero-order chi connectivity index (χ0) is 42.3. The molecule has 1 atom stereocenters. The highest BCUT2D eigenvalue weighted by atomic mass is 16.6. The van der Waals surface area contributed by atoms with E-state index in [4.69, 9.17) is 14.2 Å². The van der Waals surface area contributed by atoms with Crippen LogP contribution in [-0.2, 0) is 28.6 Å². The van der Waals surface area contributed by atoms with E-state index in [2.05, 4.69) is 93.7 Å². The molecule has 58 heavy (non-hydrogen) atoms. The molecule has 0 radical (unpaired) electrons. The summed E-state index contributed by atoms with van der Waals surface area (Å²) < 4.78 is 16.7. The molecule has 6 heteroatoms. The van der Waals surface area contributed by atoms with Crippen molar-refractivity contribution in [1.82, 2.24) is 0 Å². The fraction of sp³-hybridized carbons (Fsp3) is 0.712. The van der Waals surface area contributed by atoms with Crippen LogP contribution in [0, 0.1) is 0 Å². The molecule has 0 aromatic carbocycles. The van der Waals surface area contributed by atoms with Gasteiger partial charge in [0.2, 0.25) is 0 Å². The number of ether oxygens (including phenoxy) is 3. The molecule has 0 bridgehead atoms. The van der Waals surface area contributed by atoms with Crippen molar-refractivity contribution in [3.05, 3.63) is 72.9 Å². The monoisotopic (exact) mass is 809 g/mol. The second-order valence-electron chi connectivity index (χ2n) is 15.7. The smallest absolute Gasteiger partial charge is 0.306 e. The lowest BCUT2D eigenvalue weighted by Crippen LogP contribution is -2.30. The number of carbonyl (C=O) groups is 3. The van der Waals surface area contributed by atoms with Crippen molar-refractivity contribution in [3.63, 3.8) is 0 Å². The van der Waals surface area contributed by atoms with Crippen molar-refractivity contribution in [2.24, 2.45) is 0 Å². The fourth-order valence-corrected chi connectivity index (χ4v) is 6.31. The summed E-state index contributed by atoms with van der Waals surface area (Å²) in [6.45, 7) is 6.40. The predicted molar refractivity (Wildman–Crippen MR) is 247 cm³/mol. The third-order valence-corrected chi connectivity index (χ3v) is 9.94. The van der Waals surface area contributed by atoms with Crippen molar-refractivity contribution < 1.29 is 28.6 Å². The van der Waals surface area contributed by atoms with Crippen molar-refractivity contribution in [3.8, 4) is 0 Å². The Morgan fingerprint density at radius 2 is 0.741 bits per heavy atom. The highest BCUT2D eigenvalue weighted by Gasteiger charge is 2.19. The van der Waals surface area contributed by atoms with Gasteiger partial charge in [0.05, 0.1) is 0 Å². The molecule has 0 spiro atoms. The summed E-state index contributed by atoms with van der Waals surface area (Å²) in [5.74, 6) is -0.975. The Morgan fingerprint density at radius 3 is 1.26 bits per heavy atom. The predicted octanol–water partition coefficient (Wildman–Crippen LogP) is 15.5. The molecule has 0 amide bonds. The van der Waals surface area contributed by atoms with E-state index in [1.165, 1.54) is 64.2 Å². The Balaban J connectivity index is 4.42. The van der Waals surface area contributed by atoms with Gasteiger partial charge in [-0.1, -0.05) is 177 Å². The van der Waals surface area contributed by atoms with Gasteiger partial charge in [0.15, 0.2) is 6.10 Å². The van der Waals surface area contributed by atoms with Gasteiger partial charge in [-0.3, -0.25) is 14.4 Å². The first-order valence-electron chi connectivity index (χ1n) is 24.0. The number of unbranched alkanes of at least 4 members (excludes halogenated alkanes) is 20. The number of hydrogen-bond acceptors (Lipinski definition) is 6. The molecule has 0 heterocycles. The second kappa shape index (κ2) is 46.5. The van der Waals surface area contributed by atoms with Gasteiger partial charge in [-0.25, -0.2) is 0 Å². The summed E-state index contributed by atoms with van der Waals surface area (Å²) in [7, 11) is 0. The maximum Gasteiger partial charge on any atom is 0.306 e. The number of esters is 3. The SMILES string of the molecule is CC/C=C\C/C=C\C/C=C\CCCCC(=O)OC(COC(=O)CCCCCC/C=C\CCCC)COC(=O)CCCCCCC/C=C\C=C/CCCCCCCCC. The minimum Gasteiger partial charge on any atom is -0.462 e. The molecule has 332 valence electrons. The molecular weight excluding hydrogens is 721 g/mol. The van der Waals surface area contributed by atoms with Gasteiger partial charge in [0.25, 0.3) is 0 Å². The van der Waals surface area contributed by atoms with Crippen LogP contribution in [0.4, 0.5) is 0 Å². The van der Waals surface area contributed by atoms with E-state index >= 15 is 0 Å². The molecule has 0 fully saturated rings. The van der Waals surface area contributed by atoms with Gasteiger partial charge in [-0.15, -0.1) is 0 Å². The molecule has 6 nitrogen and oxygen atoms in total. The topological polar surface area (TPSA) is 78.9 Å². The Labute approximate surface area is 357 Å². The standard InChI is InChI=1S/C52H88O6/c1-4-7-10-13-16-19-22-24-25-26-27-28-29-31-33-36-39-42-45-51(54)57-48-49(47-56-50(53)44-41-38-35-32-21-18-15-12-9-6-3)58-52(55)46-43-40-37-34-30-23-20-17-14-11-8-5-2/h8,11,15,17-18,20,25-28,30,34,49H,4-7,9-10,12-14,16,19,21-24,29,31-33,35-48H2,1-3H3/b11-8-,18-15-,20-17-,26-25-,28-27-,34-30-. The zero-order valence-electron chi connectivity index (χ0n) is 37.8. The molecule has 0 N–H and O–H groups in total. The summed E-state index contributed by atoms with van der Waals surface area (Å²) in [6, 6.07) is 0. The first kappa shape index (κ1) is 54.9. The average molecular weight is 809 g/mol. The van der Waals surface area contributed by atoms with Crippen LogP contribution >= 0.6 is 0 Å². The number of carbonyl (C=O) groups excluding carboxylic acids is 3. The minimum atomic E-state index is -0.804. The van der Waals surface area contributed by atoms with E-state index in [9.17, 15) is 14.4 Å². The van der Waals surface area contributed by atoms with E-state index in [1.807, 2.05) is 0 Å². The van der Waals surface area contributed by atoms with Gasteiger partial charge in [-0.2, -0.15) is 0 Å². The summed E-state index contributed by atoms with van der Waals surface area (Å²) in [6.07, 6.45) is 57.5. The van der Waals surface area contributed by atoms with Gasteiger partial charge >= 0.3 is 17.9 Å². The first-order chi connectivity index (χ1) is 28.5. The molecule has 0 aromatic rings. The quantitative estimate of drug-likeness (QED) is 0.0201. The molecule has 0 saturated heterocycles. The lowest BCUT2D eigenvalue weighted by molar-refractivity contribution is -0.167. The maximum absolute atomic E-state index is 12.7. The van der Waals surface area contributed by atoms with Crippen LogP contribution < -0.4 is 0 Å². The van der Waals surface area contributed by atoms with E-state index in [1.54, 1.807) is 0 Å². The normalized spacial score (nSPS) is 12.7. The van der Waals surface area contributed by atoms with Crippen LogP contribution in [0.15, 0.2) is 72.9 Å². The lowest BCUT2D eigenvalue weighted by Gasteiger charge is -2.18. The van der Waals surface area contributed by atoms with Crippen LogP contribution in [-0.4, -0.2) is 37.2 Å². The summed E-state index contributed by atoms with van der Waals surface area (Å²) >= 11 is 0. The third-order valence-electron chi connectivity index (χ3n) is 9.94. The van der Waals surface area contributed by atoms with Crippen LogP contribution in [0.3, 0.4) is 0 Å².